The maximum atomic E-state index is 13.2. The third kappa shape index (κ3) is 6.23. The van der Waals surface area contributed by atoms with Crippen molar-refractivity contribution in [3.8, 4) is 5.75 Å². The van der Waals surface area contributed by atoms with E-state index in [0.29, 0.717) is 11.3 Å². The van der Waals surface area contributed by atoms with Gasteiger partial charge >= 0.3 is 0 Å². The van der Waals surface area contributed by atoms with E-state index < -0.39 is 0 Å². The van der Waals surface area contributed by atoms with Crippen LogP contribution >= 0.6 is 0 Å². The Morgan fingerprint density at radius 3 is 2.40 bits per heavy atom. The van der Waals surface area contributed by atoms with Crippen LogP contribution in [0.2, 0.25) is 0 Å². The van der Waals surface area contributed by atoms with Crippen LogP contribution in [-0.4, -0.2) is 62.1 Å². The monoisotopic (exact) mass is 569 g/mol. The molecule has 3 aromatic carbocycles. The number of rotatable bonds is 9. The zero-order chi connectivity index (χ0) is 29.8. The molecule has 2 aliphatic rings. The molecule has 2 amide bonds. The van der Waals surface area contributed by atoms with Crippen LogP contribution in [0.1, 0.15) is 56.0 Å². The predicted octanol–water partition coefficient (Wildman–Crippen LogP) is 5.80. The van der Waals surface area contributed by atoms with Crippen LogP contribution in [0.25, 0.3) is 0 Å². The number of hydrogen-bond acceptors (Lipinski definition) is 6. The zero-order valence-corrected chi connectivity index (χ0v) is 25.4. The normalized spacial score (nSPS) is 17.8. The smallest absolute Gasteiger partial charge is 0.251 e. The van der Waals surface area contributed by atoms with E-state index in [2.05, 4.69) is 71.5 Å². The third-order valence-electron chi connectivity index (χ3n) is 8.42. The molecule has 0 saturated carbocycles. The standard InChI is InChI=1S/C34H43N5O3/c1-6-29-34(41)37(4)30-15-13-27(21-31(30)39(29)23(2)3)35-28-14-12-25(20-32(28)42-5)33(40)36-26-16-18-38(19-17-26)22-24-10-8-7-9-11-24/h7-15,20-21,23,26,29,35H,6,16-19,22H2,1-5H3,(H,36,40)/t29-/m1/s1. The Hall–Kier alpha value is -4.04. The Morgan fingerprint density at radius 1 is 1.00 bits per heavy atom. The number of anilines is 4. The minimum Gasteiger partial charge on any atom is -0.495 e. The topological polar surface area (TPSA) is 77.2 Å². The van der Waals surface area contributed by atoms with Gasteiger partial charge < -0.3 is 25.2 Å². The summed E-state index contributed by atoms with van der Waals surface area (Å²) < 4.78 is 5.69. The molecule has 8 nitrogen and oxygen atoms in total. The Kier molecular flexibility index (Phi) is 9.02. The Balaban J connectivity index is 1.25. The number of amides is 2. The summed E-state index contributed by atoms with van der Waals surface area (Å²) in [5, 5.41) is 6.70. The quantitative estimate of drug-likeness (QED) is 0.339. The molecule has 8 heteroatoms. The van der Waals surface area contributed by atoms with Gasteiger partial charge in [0, 0.05) is 50.0 Å². The second-order valence-corrected chi connectivity index (χ2v) is 11.6. The highest BCUT2D eigenvalue weighted by Crippen LogP contribution is 2.40. The van der Waals surface area contributed by atoms with Crippen molar-refractivity contribution >= 4 is 34.6 Å². The molecule has 5 rings (SSSR count). The zero-order valence-electron chi connectivity index (χ0n) is 25.4. The van der Waals surface area contributed by atoms with Crippen LogP contribution in [-0.2, 0) is 11.3 Å². The lowest BCUT2D eigenvalue weighted by atomic mass is 10.0. The van der Waals surface area contributed by atoms with Crippen LogP contribution in [0.5, 0.6) is 5.75 Å². The lowest BCUT2D eigenvalue weighted by molar-refractivity contribution is -0.120. The first-order chi connectivity index (χ1) is 20.3. The van der Waals surface area contributed by atoms with Gasteiger partial charge in [0.15, 0.2) is 0 Å². The summed E-state index contributed by atoms with van der Waals surface area (Å²) in [6.45, 7) is 9.16. The number of nitrogens with one attached hydrogen (secondary N) is 2. The van der Waals surface area contributed by atoms with Gasteiger partial charge in [-0.05, 0) is 75.1 Å². The Labute approximate surface area is 249 Å². The summed E-state index contributed by atoms with van der Waals surface area (Å²) in [5.41, 5.74) is 5.47. The van der Waals surface area contributed by atoms with E-state index in [0.717, 1.165) is 61.6 Å². The number of nitrogens with zero attached hydrogens (tertiary/aromatic N) is 3. The second kappa shape index (κ2) is 12.9. The molecule has 2 N–H and O–H groups in total. The molecular formula is C34H43N5O3. The van der Waals surface area contributed by atoms with Crippen molar-refractivity contribution in [2.75, 3.05) is 42.4 Å². The van der Waals surface area contributed by atoms with Crippen molar-refractivity contribution in [2.45, 2.75) is 64.7 Å². The molecule has 1 saturated heterocycles. The average molecular weight is 570 g/mol. The number of carbonyl (C=O) groups excluding carboxylic acids is 2. The minimum absolute atomic E-state index is 0.0824. The van der Waals surface area contributed by atoms with Crippen LogP contribution < -0.4 is 25.2 Å². The van der Waals surface area contributed by atoms with Gasteiger partial charge in [-0.25, -0.2) is 0 Å². The summed E-state index contributed by atoms with van der Waals surface area (Å²) in [4.78, 5) is 32.6. The van der Waals surface area contributed by atoms with E-state index in [1.807, 2.05) is 37.4 Å². The largest absolute Gasteiger partial charge is 0.495 e. The summed E-state index contributed by atoms with van der Waals surface area (Å²) in [6, 6.07) is 22.2. The molecule has 0 bridgehead atoms. The van der Waals surface area contributed by atoms with Gasteiger partial charge in [-0.3, -0.25) is 14.5 Å². The summed E-state index contributed by atoms with van der Waals surface area (Å²) in [7, 11) is 3.46. The highest BCUT2D eigenvalue weighted by atomic mass is 16.5. The third-order valence-corrected chi connectivity index (χ3v) is 8.42. The highest BCUT2D eigenvalue weighted by molar-refractivity contribution is 6.05. The fourth-order valence-corrected chi connectivity index (χ4v) is 6.17. The Morgan fingerprint density at radius 2 is 1.74 bits per heavy atom. The molecule has 0 aromatic heterocycles. The van der Waals surface area contributed by atoms with Gasteiger partial charge in [0.1, 0.15) is 11.8 Å². The molecule has 0 aliphatic carbocycles. The predicted molar refractivity (Wildman–Crippen MR) is 170 cm³/mol. The molecule has 1 atom stereocenters. The molecule has 1 fully saturated rings. The van der Waals surface area contributed by atoms with Crippen molar-refractivity contribution in [1.29, 1.82) is 0 Å². The maximum absolute atomic E-state index is 13.2. The Bertz CT molecular complexity index is 1400. The number of carbonyl (C=O) groups is 2. The molecule has 3 aromatic rings. The van der Waals surface area contributed by atoms with Crippen LogP contribution in [0, 0.1) is 0 Å². The average Bonchev–Trinajstić information content (AvgIpc) is 3.00. The molecule has 0 spiro atoms. The molecule has 0 unspecified atom stereocenters. The number of hydrogen-bond donors (Lipinski definition) is 2. The number of fused-ring (bicyclic) bond motifs is 1. The summed E-state index contributed by atoms with van der Waals surface area (Å²) >= 11 is 0. The molecule has 42 heavy (non-hydrogen) atoms. The van der Waals surface area contributed by atoms with Crippen LogP contribution in [0.3, 0.4) is 0 Å². The van der Waals surface area contributed by atoms with Gasteiger partial charge in [-0.2, -0.15) is 0 Å². The first kappa shape index (κ1) is 29.5. The molecular weight excluding hydrogens is 526 g/mol. The van der Waals surface area contributed by atoms with Gasteiger partial charge in [0.05, 0.1) is 24.2 Å². The van der Waals surface area contributed by atoms with Crippen LogP contribution in [0.15, 0.2) is 66.7 Å². The van der Waals surface area contributed by atoms with E-state index in [-0.39, 0.29) is 29.9 Å². The number of methoxy groups -OCH3 is 1. The van der Waals surface area contributed by atoms with Crippen molar-refractivity contribution in [3.63, 3.8) is 0 Å². The van der Waals surface area contributed by atoms with Crippen molar-refractivity contribution < 1.29 is 14.3 Å². The molecule has 2 heterocycles. The van der Waals surface area contributed by atoms with Gasteiger partial charge in [-0.1, -0.05) is 37.3 Å². The second-order valence-electron chi connectivity index (χ2n) is 11.6. The maximum Gasteiger partial charge on any atom is 0.251 e. The lowest BCUT2D eigenvalue weighted by Crippen LogP contribution is -2.54. The number of ether oxygens (including phenoxy) is 1. The van der Waals surface area contributed by atoms with Crippen molar-refractivity contribution in [1.82, 2.24) is 10.2 Å². The van der Waals surface area contributed by atoms with Crippen molar-refractivity contribution in [2.24, 2.45) is 0 Å². The fraction of sp³-hybridized carbons (Fsp3) is 0.412. The first-order valence-corrected chi connectivity index (χ1v) is 15.0. The van der Waals surface area contributed by atoms with Gasteiger partial charge in [0.2, 0.25) is 5.91 Å². The molecule has 0 radical (unpaired) electrons. The number of benzene rings is 3. The minimum atomic E-state index is -0.193. The summed E-state index contributed by atoms with van der Waals surface area (Å²) in [6.07, 6.45) is 2.60. The SMILES string of the molecule is CC[C@@H]1C(=O)N(C)c2ccc(Nc3ccc(C(=O)NC4CCN(Cc5ccccc5)CC4)cc3OC)cc2N1C(C)C. The van der Waals surface area contributed by atoms with Crippen molar-refractivity contribution in [3.05, 3.63) is 77.9 Å². The van der Waals surface area contributed by atoms with Gasteiger partial charge in [-0.15, -0.1) is 0 Å². The van der Waals surface area contributed by atoms with Crippen LogP contribution in [0.4, 0.5) is 22.7 Å². The van der Waals surface area contributed by atoms with Gasteiger partial charge in [0.25, 0.3) is 5.91 Å². The van der Waals surface area contributed by atoms with E-state index in [4.69, 9.17) is 4.74 Å². The van der Waals surface area contributed by atoms with E-state index in [9.17, 15) is 9.59 Å². The fourth-order valence-electron chi connectivity index (χ4n) is 6.17. The van der Waals surface area contributed by atoms with E-state index in [1.165, 1.54) is 5.56 Å². The molecule has 2 aliphatic heterocycles. The van der Waals surface area contributed by atoms with E-state index in [1.54, 1.807) is 18.1 Å². The number of likely N-dealkylation sites (N-methyl/N-ethyl adjacent to an activating group) is 1. The summed E-state index contributed by atoms with van der Waals surface area (Å²) in [5.74, 6) is 0.631. The highest BCUT2D eigenvalue weighted by Gasteiger charge is 2.36. The molecule has 222 valence electrons. The number of likely N-dealkylation sites (tertiary alicyclic amines) is 1. The number of piperidine rings is 1. The first-order valence-electron chi connectivity index (χ1n) is 15.0. The lowest BCUT2D eigenvalue weighted by Gasteiger charge is -2.44. The van der Waals surface area contributed by atoms with E-state index >= 15 is 0 Å².